The predicted octanol–water partition coefficient (Wildman–Crippen LogP) is 2.37. The van der Waals surface area contributed by atoms with E-state index in [2.05, 4.69) is 35.6 Å². The molecule has 1 saturated carbocycles. The fourth-order valence-corrected chi connectivity index (χ4v) is 2.75. The average Bonchev–Trinajstić information content (AvgIpc) is 2.83. The Labute approximate surface area is 104 Å². The maximum absolute atomic E-state index is 9.23. The lowest BCUT2D eigenvalue weighted by atomic mass is 10.0. The summed E-state index contributed by atoms with van der Waals surface area (Å²) in [6.45, 7) is 1.41. The van der Waals surface area contributed by atoms with E-state index < -0.39 is 0 Å². The molecule has 1 aliphatic carbocycles. The van der Waals surface area contributed by atoms with Crippen molar-refractivity contribution in [3.05, 3.63) is 35.9 Å². The highest BCUT2D eigenvalue weighted by Gasteiger charge is 2.25. The number of aryl methyl sites for hydroxylation is 1. The first kappa shape index (κ1) is 12.6. The molecule has 2 atom stereocenters. The number of nitrogens with one attached hydrogen (secondary N) is 1. The fourth-order valence-electron chi connectivity index (χ4n) is 2.75. The first-order valence-corrected chi connectivity index (χ1v) is 6.78. The van der Waals surface area contributed by atoms with Crippen molar-refractivity contribution in [2.24, 2.45) is 5.92 Å². The Hall–Kier alpha value is -0.860. The van der Waals surface area contributed by atoms with Crippen LogP contribution in [0.15, 0.2) is 30.3 Å². The molecule has 94 valence electrons. The first-order valence-electron chi connectivity index (χ1n) is 6.78. The van der Waals surface area contributed by atoms with Crippen molar-refractivity contribution < 1.29 is 5.11 Å². The minimum atomic E-state index is 0.344. The van der Waals surface area contributed by atoms with Gasteiger partial charge < -0.3 is 10.4 Å². The number of rotatable bonds is 6. The molecule has 0 aliphatic heterocycles. The Bertz CT molecular complexity index is 312. The molecule has 1 fully saturated rings. The van der Waals surface area contributed by atoms with Gasteiger partial charge in [0.15, 0.2) is 0 Å². The zero-order chi connectivity index (χ0) is 11.9. The Kier molecular flexibility index (Phi) is 5.02. The minimum Gasteiger partial charge on any atom is -0.396 e. The predicted molar refractivity (Wildman–Crippen MR) is 71.0 cm³/mol. The molecule has 0 radical (unpaired) electrons. The van der Waals surface area contributed by atoms with Gasteiger partial charge in [-0.25, -0.2) is 0 Å². The number of aliphatic hydroxyl groups is 1. The maximum Gasteiger partial charge on any atom is 0.0474 e. The van der Waals surface area contributed by atoms with E-state index in [1.54, 1.807) is 0 Å². The van der Waals surface area contributed by atoms with Crippen LogP contribution in [0.3, 0.4) is 0 Å². The van der Waals surface area contributed by atoms with E-state index in [4.69, 9.17) is 0 Å². The second-order valence-electron chi connectivity index (χ2n) is 5.02. The molecule has 0 heterocycles. The summed E-state index contributed by atoms with van der Waals surface area (Å²) in [4.78, 5) is 0. The van der Waals surface area contributed by atoms with Crippen molar-refractivity contribution in [3.63, 3.8) is 0 Å². The Balaban J connectivity index is 1.63. The van der Waals surface area contributed by atoms with Crippen LogP contribution in [0.2, 0.25) is 0 Å². The van der Waals surface area contributed by atoms with Crippen LogP contribution in [-0.2, 0) is 6.42 Å². The van der Waals surface area contributed by atoms with Gasteiger partial charge in [0.05, 0.1) is 0 Å². The Morgan fingerprint density at radius 3 is 2.76 bits per heavy atom. The molecule has 1 aromatic rings. The number of aliphatic hydroxyl groups excluding tert-OH is 1. The van der Waals surface area contributed by atoms with Gasteiger partial charge >= 0.3 is 0 Å². The third-order valence-electron chi connectivity index (χ3n) is 3.79. The number of hydrogen-bond acceptors (Lipinski definition) is 2. The highest BCUT2D eigenvalue weighted by Crippen LogP contribution is 2.24. The van der Waals surface area contributed by atoms with E-state index in [1.165, 1.54) is 31.2 Å². The normalized spacial score (nSPS) is 24.1. The second-order valence-corrected chi connectivity index (χ2v) is 5.02. The molecule has 1 aliphatic rings. The summed E-state index contributed by atoms with van der Waals surface area (Å²) in [5, 5.41) is 12.8. The molecule has 0 aromatic heterocycles. The van der Waals surface area contributed by atoms with E-state index in [-0.39, 0.29) is 0 Å². The molecule has 0 bridgehead atoms. The van der Waals surface area contributed by atoms with Gasteiger partial charge in [0, 0.05) is 12.6 Å². The summed E-state index contributed by atoms with van der Waals surface area (Å²) < 4.78 is 0. The average molecular weight is 233 g/mol. The highest BCUT2D eigenvalue weighted by atomic mass is 16.3. The van der Waals surface area contributed by atoms with Gasteiger partial charge in [0.1, 0.15) is 0 Å². The summed E-state index contributed by atoms with van der Waals surface area (Å²) >= 11 is 0. The standard InChI is InChI=1S/C15H23NO/c17-12-14-9-4-10-15(14)16-11-5-8-13-6-2-1-3-7-13/h1-3,6-7,14-17H,4-5,8-12H2. The van der Waals surface area contributed by atoms with Gasteiger partial charge in [-0.3, -0.25) is 0 Å². The SMILES string of the molecule is OCC1CCCC1NCCCc1ccccc1. The molecule has 2 nitrogen and oxygen atoms in total. The van der Waals surface area contributed by atoms with E-state index >= 15 is 0 Å². The summed E-state index contributed by atoms with van der Waals surface area (Å²) in [6, 6.07) is 11.2. The smallest absolute Gasteiger partial charge is 0.0474 e. The van der Waals surface area contributed by atoms with Crippen molar-refractivity contribution in [1.82, 2.24) is 5.32 Å². The first-order chi connectivity index (χ1) is 8.40. The quantitative estimate of drug-likeness (QED) is 0.739. The van der Waals surface area contributed by atoms with Gasteiger partial charge in [0.25, 0.3) is 0 Å². The largest absolute Gasteiger partial charge is 0.396 e. The van der Waals surface area contributed by atoms with Crippen LogP contribution in [0.25, 0.3) is 0 Å². The molecule has 17 heavy (non-hydrogen) atoms. The third kappa shape index (κ3) is 3.83. The molecule has 2 heteroatoms. The van der Waals surface area contributed by atoms with Crippen molar-refractivity contribution in [3.8, 4) is 0 Å². The summed E-state index contributed by atoms with van der Waals surface area (Å²) in [5.74, 6) is 0.492. The van der Waals surface area contributed by atoms with Gasteiger partial charge in [-0.2, -0.15) is 0 Å². The monoisotopic (exact) mass is 233 g/mol. The van der Waals surface area contributed by atoms with Crippen molar-refractivity contribution in [2.75, 3.05) is 13.2 Å². The maximum atomic E-state index is 9.23. The lowest BCUT2D eigenvalue weighted by Crippen LogP contribution is -2.34. The molecule has 0 amide bonds. The van der Waals surface area contributed by atoms with Crippen LogP contribution >= 0.6 is 0 Å². The zero-order valence-electron chi connectivity index (χ0n) is 10.4. The van der Waals surface area contributed by atoms with Gasteiger partial charge in [-0.05, 0) is 43.7 Å². The molecular formula is C15H23NO. The van der Waals surface area contributed by atoms with Crippen LogP contribution in [-0.4, -0.2) is 24.3 Å². The van der Waals surface area contributed by atoms with Crippen LogP contribution < -0.4 is 5.32 Å². The minimum absolute atomic E-state index is 0.344. The van der Waals surface area contributed by atoms with Crippen LogP contribution in [0, 0.1) is 5.92 Å². The van der Waals surface area contributed by atoms with Crippen molar-refractivity contribution in [2.45, 2.75) is 38.1 Å². The van der Waals surface area contributed by atoms with E-state index in [1.807, 2.05) is 0 Å². The summed E-state index contributed by atoms with van der Waals surface area (Å²) in [7, 11) is 0. The lowest BCUT2D eigenvalue weighted by Gasteiger charge is -2.18. The van der Waals surface area contributed by atoms with Crippen LogP contribution in [0.5, 0.6) is 0 Å². The molecule has 0 saturated heterocycles. The molecular weight excluding hydrogens is 210 g/mol. The van der Waals surface area contributed by atoms with E-state index in [0.29, 0.717) is 18.6 Å². The van der Waals surface area contributed by atoms with Gasteiger partial charge in [0.2, 0.25) is 0 Å². The highest BCUT2D eigenvalue weighted by molar-refractivity contribution is 5.14. The van der Waals surface area contributed by atoms with E-state index in [9.17, 15) is 5.11 Å². The van der Waals surface area contributed by atoms with Crippen molar-refractivity contribution in [1.29, 1.82) is 0 Å². The molecule has 2 unspecified atom stereocenters. The molecule has 0 spiro atoms. The van der Waals surface area contributed by atoms with Crippen molar-refractivity contribution >= 4 is 0 Å². The van der Waals surface area contributed by atoms with Gasteiger partial charge in [-0.1, -0.05) is 36.8 Å². The zero-order valence-corrected chi connectivity index (χ0v) is 10.4. The van der Waals surface area contributed by atoms with Gasteiger partial charge in [-0.15, -0.1) is 0 Å². The van der Waals surface area contributed by atoms with Crippen LogP contribution in [0.4, 0.5) is 0 Å². The molecule has 2 rings (SSSR count). The molecule has 2 N–H and O–H groups in total. The Morgan fingerprint density at radius 1 is 1.18 bits per heavy atom. The fraction of sp³-hybridized carbons (Fsp3) is 0.600. The Morgan fingerprint density at radius 2 is 2.00 bits per heavy atom. The molecule has 1 aromatic carbocycles. The van der Waals surface area contributed by atoms with Crippen LogP contribution in [0.1, 0.15) is 31.2 Å². The lowest BCUT2D eigenvalue weighted by molar-refractivity contribution is 0.205. The summed E-state index contributed by atoms with van der Waals surface area (Å²) in [5.41, 5.74) is 1.42. The summed E-state index contributed by atoms with van der Waals surface area (Å²) in [6.07, 6.45) is 6.01. The number of benzene rings is 1. The number of hydrogen-bond donors (Lipinski definition) is 2. The van der Waals surface area contributed by atoms with E-state index in [0.717, 1.165) is 13.0 Å². The topological polar surface area (TPSA) is 32.3 Å². The third-order valence-corrected chi connectivity index (χ3v) is 3.79. The second kappa shape index (κ2) is 6.77.